The second kappa shape index (κ2) is 8.65. The molecule has 2 rings (SSSR count). The Labute approximate surface area is 197 Å². The molecule has 1 atom stereocenters. The summed E-state index contributed by atoms with van der Waals surface area (Å²) in [6.45, 7) is 26.0. The molecule has 0 aromatic heterocycles. The average Bonchev–Trinajstić information content (AvgIpc) is 2.58. The molecule has 0 spiro atoms. The zero-order chi connectivity index (χ0) is 24.9. The van der Waals surface area contributed by atoms with E-state index >= 15 is 0 Å². The van der Waals surface area contributed by atoms with E-state index < -0.39 is 9.03 Å². The molecule has 2 N–H and O–H groups in total. The second-order valence-electron chi connectivity index (χ2n) is 13.0. The van der Waals surface area contributed by atoms with E-state index in [2.05, 4.69) is 107 Å². The van der Waals surface area contributed by atoms with Gasteiger partial charge in [-0.1, -0.05) is 95.2 Å². The van der Waals surface area contributed by atoms with Crippen molar-refractivity contribution in [3.8, 4) is 22.6 Å². The maximum absolute atomic E-state index is 11.5. The minimum Gasteiger partial charge on any atom is -0.507 e. The van der Waals surface area contributed by atoms with E-state index in [1.165, 1.54) is 5.56 Å². The van der Waals surface area contributed by atoms with Gasteiger partial charge >= 0.3 is 0 Å². The molecule has 32 heavy (non-hydrogen) atoms. The minimum atomic E-state index is -1.19. The SMILES string of the molecule is CC(C)(C)c1cc(-c2cc(C(C)(C)C)cc(C(C)(C)C)c2O[PH2+]O)c(O)c(C(C)(C)C)c1. The Balaban J connectivity index is 3.10. The number of rotatable bonds is 3. The molecule has 178 valence electrons. The first-order valence-electron chi connectivity index (χ1n) is 11.5. The first-order valence-corrected chi connectivity index (χ1v) is 12.5. The van der Waals surface area contributed by atoms with Gasteiger partial charge in [-0.2, -0.15) is 0 Å². The molecule has 0 aliphatic carbocycles. The van der Waals surface area contributed by atoms with Gasteiger partial charge < -0.3 is 9.63 Å². The predicted octanol–water partition coefficient (Wildman–Crippen LogP) is 7.86. The molecule has 4 heteroatoms. The molecule has 0 bridgehead atoms. The predicted molar refractivity (Wildman–Crippen MR) is 141 cm³/mol. The maximum Gasteiger partial charge on any atom is 0.292 e. The van der Waals surface area contributed by atoms with Gasteiger partial charge in [0.05, 0.1) is 0 Å². The Morgan fingerprint density at radius 1 is 0.594 bits per heavy atom. The van der Waals surface area contributed by atoms with Gasteiger partial charge in [0, 0.05) is 22.3 Å². The lowest BCUT2D eigenvalue weighted by molar-refractivity contribution is 0.445. The molecular formula is C28H44O3P+. The molecule has 0 saturated heterocycles. The highest BCUT2D eigenvalue weighted by Crippen LogP contribution is 2.49. The third-order valence-electron chi connectivity index (χ3n) is 6.01. The van der Waals surface area contributed by atoms with Crippen LogP contribution in [-0.2, 0) is 21.7 Å². The van der Waals surface area contributed by atoms with Crippen molar-refractivity contribution in [2.75, 3.05) is 0 Å². The zero-order valence-electron chi connectivity index (χ0n) is 22.2. The molecule has 3 nitrogen and oxygen atoms in total. The maximum atomic E-state index is 11.5. The molecule has 2 aromatic rings. The van der Waals surface area contributed by atoms with Crippen LogP contribution in [0.4, 0.5) is 0 Å². The number of phenols is 1. The lowest BCUT2D eigenvalue weighted by Crippen LogP contribution is -2.19. The lowest BCUT2D eigenvalue weighted by Gasteiger charge is -2.30. The summed E-state index contributed by atoms with van der Waals surface area (Å²) in [5.41, 5.74) is 5.33. The summed E-state index contributed by atoms with van der Waals surface area (Å²) in [5, 5.41) is 11.5. The van der Waals surface area contributed by atoms with E-state index in [4.69, 9.17) is 4.52 Å². The van der Waals surface area contributed by atoms with Crippen LogP contribution in [-0.4, -0.2) is 10.00 Å². The van der Waals surface area contributed by atoms with E-state index in [0.717, 1.165) is 27.8 Å². The summed E-state index contributed by atoms with van der Waals surface area (Å²) in [4.78, 5) is 9.85. The Kier molecular flexibility index (Phi) is 7.21. The van der Waals surface area contributed by atoms with Crippen LogP contribution < -0.4 is 4.52 Å². The van der Waals surface area contributed by atoms with Crippen molar-refractivity contribution in [1.29, 1.82) is 0 Å². The van der Waals surface area contributed by atoms with Gasteiger partial charge in [0.2, 0.25) is 0 Å². The monoisotopic (exact) mass is 459 g/mol. The van der Waals surface area contributed by atoms with Crippen molar-refractivity contribution in [1.82, 2.24) is 0 Å². The Bertz CT molecular complexity index is 978. The van der Waals surface area contributed by atoms with Crippen molar-refractivity contribution < 1.29 is 14.5 Å². The van der Waals surface area contributed by atoms with Crippen molar-refractivity contribution in [3.05, 3.63) is 46.5 Å². The van der Waals surface area contributed by atoms with E-state index in [-0.39, 0.29) is 27.4 Å². The Morgan fingerprint density at radius 2 is 1.00 bits per heavy atom. The zero-order valence-corrected chi connectivity index (χ0v) is 23.3. The number of aromatic hydroxyl groups is 1. The van der Waals surface area contributed by atoms with E-state index in [1.54, 1.807) is 0 Å². The summed E-state index contributed by atoms with van der Waals surface area (Å²) in [6, 6.07) is 8.56. The van der Waals surface area contributed by atoms with Crippen LogP contribution in [0, 0.1) is 0 Å². The van der Waals surface area contributed by atoms with Gasteiger partial charge in [-0.3, -0.25) is 0 Å². The number of hydrogen-bond acceptors (Lipinski definition) is 3. The molecule has 0 amide bonds. The first kappa shape index (κ1) is 26.7. The molecular weight excluding hydrogens is 415 g/mol. The quantitative estimate of drug-likeness (QED) is 0.459. The molecule has 0 heterocycles. The third-order valence-corrected chi connectivity index (χ3v) is 6.35. The summed E-state index contributed by atoms with van der Waals surface area (Å²) in [6.07, 6.45) is 0. The van der Waals surface area contributed by atoms with Gasteiger partial charge in [0.25, 0.3) is 9.03 Å². The summed E-state index contributed by atoms with van der Waals surface area (Å²) in [7, 11) is -1.19. The van der Waals surface area contributed by atoms with Crippen molar-refractivity contribution in [2.45, 2.75) is 105 Å². The molecule has 0 radical (unpaired) electrons. The van der Waals surface area contributed by atoms with Crippen LogP contribution in [0.15, 0.2) is 24.3 Å². The van der Waals surface area contributed by atoms with Gasteiger partial charge in [-0.15, -0.1) is 0 Å². The van der Waals surface area contributed by atoms with Crippen LogP contribution in [0.3, 0.4) is 0 Å². The molecule has 1 unspecified atom stereocenters. The van der Waals surface area contributed by atoms with Crippen LogP contribution in [0.5, 0.6) is 11.5 Å². The van der Waals surface area contributed by atoms with Gasteiger partial charge in [0.1, 0.15) is 5.75 Å². The molecule has 0 aliphatic heterocycles. The van der Waals surface area contributed by atoms with Crippen molar-refractivity contribution >= 4 is 9.03 Å². The number of phenolic OH excluding ortho intramolecular Hbond substituents is 1. The van der Waals surface area contributed by atoms with Crippen LogP contribution in [0.1, 0.15) is 105 Å². The standard InChI is InChI=1S/C28H43O3P/c1-25(2,3)17-13-19(23(29)21(15-17)27(7,8)9)20-14-18(26(4,5)6)16-22(28(10,11)12)24(20)31-32-30/h13-16,30H,32H2,1-12H3/p+1. The summed E-state index contributed by atoms with van der Waals surface area (Å²) in [5.74, 6) is 0.957. The lowest BCUT2D eigenvalue weighted by atomic mass is 9.75. The first-order chi connectivity index (χ1) is 14.3. The fourth-order valence-electron chi connectivity index (χ4n) is 3.84. The van der Waals surface area contributed by atoms with E-state index in [0.29, 0.717) is 5.75 Å². The summed E-state index contributed by atoms with van der Waals surface area (Å²) < 4.78 is 5.95. The highest BCUT2D eigenvalue weighted by Gasteiger charge is 2.31. The average molecular weight is 460 g/mol. The Morgan fingerprint density at radius 3 is 1.38 bits per heavy atom. The summed E-state index contributed by atoms with van der Waals surface area (Å²) >= 11 is 0. The van der Waals surface area contributed by atoms with Crippen molar-refractivity contribution in [3.63, 3.8) is 0 Å². The highest BCUT2D eigenvalue weighted by atomic mass is 31.1. The highest BCUT2D eigenvalue weighted by molar-refractivity contribution is 7.25. The Hall–Kier alpha value is -1.57. The number of benzene rings is 2. The largest absolute Gasteiger partial charge is 0.507 e. The van der Waals surface area contributed by atoms with Crippen LogP contribution in [0.25, 0.3) is 11.1 Å². The van der Waals surface area contributed by atoms with Crippen LogP contribution in [0.2, 0.25) is 0 Å². The van der Waals surface area contributed by atoms with E-state index in [9.17, 15) is 10.00 Å². The van der Waals surface area contributed by atoms with Gasteiger partial charge in [-0.05, 0) is 44.9 Å². The third kappa shape index (κ3) is 5.67. The van der Waals surface area contributed by atoms with Gasteiger partial charge in [-0.25, -0.2) is 4.89 Å². The van der Waals surface area contributed by atoms with E-state index in [1.807, 2.05) is 0 Å². The van der Waals surface area contributed by atoms with Crippen LogP contribution >= 0.6 is 9.03 Å². The molecule has 2 aromatic carbocycles. The fraction of sp³-hybridized carbons (Fsp3) is 0.571. The molecule has 0 fully saturated rings. The molecule has 0 aliphatic rings. The fourth-order valence-corrected chi connectivity index (χ4v) is 4.20. The second-order valence-corrected chi connectivity index (χ2v) is 13.5. The van der Waals surface area contributed by atoms with Crippen molar-refractivity contribution in [2.24, 2.45) is 0 Å². The normalized spacial score (nSPS) is 13.8. The smallest absolute Gasteiger partial charge is 0.292 e. The molecule has 0 saturated carbocycles. The van der Waals surface area contributed by atoms with Gasteiger partial charge in [0.15, 0.2) is 5.75 Å². The minimum absolute atomic E-state index is 0.0799. The topological polar surface area (TPSA) is 49.7 Å². The number of hydrogen-bond donors (Lipinski definition) is 2.